The largest absolute Gasteiger partial charge is 0.410 e. The predicted molar refractivity (Wildman–Crippen MR) is 87.4 cm³/mol. The monoisotopic (exact) mass is 308 g/mol. The van der Waals surface area contributed by atoms with Gasteiger partial charge in [0.2, 0.25) is 5.12 Å². The van der Waals surface area contributed by atoms with Crippen LogP contribution in [0.25, 0.3) is 5.57 Å². The molecule has 0 saturated carbocycles. The van der Waals surface area contributed by atoms with Crippen LogP contribution in [0.4, 0.5) is 5.69 Å². The van der Waals surface area contributed by atoms with Crippen LogP contribution in [0.5, 0.6) is 0 Å². The van der Waals surface area contributed by atoms with E-state index in [9.17, 15) is 10.0 Å². The molecular weight excluding hydrogens is 296 g/mol. The first-order chi connectivity index (χ1) is 10.7. The Labute approximate surface area is 131 Å². The number of aryl methyl sites for hydroxylation is 1. The van der Waals surface area contributed by atoms with Crippen molar-refractivity contribution in [2.24, 2.45) is 5.16 Å². The average molecular weight is 308 g/mol. The fourth-order valence-corrected chi connectivity index (χ4v) is 3.78. The van der Waals surface area contributed by atoms with Crippen LogP contribution in [0.1, 0.15) is 16.7 Å². The molecule has 22 heavy (non-hydrogen) atoms. The molecule has 0 spiro atoms. The van der Waals surface area contributed by atoms with Crippen molar-refractivity contribution in [1.82, 2.24) is 0 Å². The van der Waals surface area contributed by atoms with Crippen LogP contribution in [-0.4, -0.2) is 16.0 Å². The first-order valence-electron chi connectivity index (χ1n) is 6.85. The van der Waals surface area contributed by atoms with E-state index in [1.807, 2.05) is 49.4 Å². The molecule has 108 valence electrons. The van der Waals surface area contributed by atoms with Gasteiger partial charge < -0.3 is 10.5 Å². The van der Waals surface area contributed by atoms with E-state index in [0.29, 0.717) is 17.0 Å². The molecule has 0 bridgehead atoms. The summed E-state index contributed by atoms with van der Waals surface area (Å²) in [5, 5.41) is 16.1. The van der Waals surface area contributed by atoms with Gasteiger partial charge in [-0.25, -0.2) is 0 Å². The van der Waals surface area contributed by atoms with Gasteiger partial charge >= 0.3 is 0 Å². The number of hydrogen-bond donors (Lipinski definition) is 2. The minimum atomic E-state index is -0.0330. The molecule has 2 N–H and O–H groups in total. The summed E-state index contributed by atoms with van der Waals surface area (Å²) in [7, 11) is 0. The van der Waals surface area contributed by atoms with Gasteiger partial charge in [-0.15, -0.1) is 0 Å². The fourth-order valence-electron chi connectivity index (χ4n) is 2.84. The summed E-state index contributed by atoms with van der Waals surface area (Å²) in [5.74, 6) is 0. The fraction of sp³-hybridized carbons (Fsp3) is 0.0588. The SMILES string of the molecule is Cc1ccc2c(c1)NC(=C1\C(=O)Sc3ccccc31)/C2=N/O. The Hall–Kier alpha value is -2.53. The molecule has 0 fully saturated rings. The number of allylic oxidation sites excluding steroid dienone is 1. The Morgan fingerprint density at radius 2 is 1.95 bits per heavy atom. The average Bonchev–Trinajstić information content (AvgIpc) is 3.02. The Kier molecular flexibility index (Phi) is 2.84. The molecule has 2 aliphatic heterocycles. The predicted octanol–water partition coefficient (Wildman–Crippen LogP) is 3.64. The molecule has 0 radical (unpaired) electrons. The van der Waals surface area contributed by atoms with Gasteiger partial charge in [-0.2, -0.15) is 0 Å². The number of benzene rings is 2. The van der Waals surface area contributed by atoms with Crippen molar-refractivity contribution in [3.05, 3.63) is 64.9 Å². The smallest absolute Gasteiger partial charge is 0.226 e. The summed E-state index contributed by atoms with van der Waals surface area (Å²) in [4.78, 5) is 13.4. The first kappa shape index (κ1) is 13.2. The summed E-state index contributed by atoms with van der Waals surface area (Å²) in [6, 6.07) is 13.5. The summed E-state index contributed by atoms with van der Waals surface area (Å²) in [5.41, 5.74) is 5.20. The molecule has 5 heteroatoms. The van der Waals surface area contributed by atoms with Gasteiger partial charge in [0, 0.05) is 21.7 Å². The summed E-state index contributed by atoms with van der Waals surface area (Å²) in [6.45, 7) is 1.99. The second kappa shape index (κ2) is 4.74. The van der Waals surface area contributed by atoms with Gasteiger partial charge in [0.1, 0.15) is 5.71 Å². The minimum Gasteiger partial charge on any atom is -0.410 e. The third kappa shape index (κ3) is 1.79. The van der Waals surface area contributed by atoms with E-state index in [2.05, 4.69) is 10.5 Å². The number of oxime groups is 1. The van der Waals surface area contributed by atoms with Crippen LogP contribution in [0.15, 0.2) is 58.2 Å². The third-order valence-electron chi connectivity index (χ3n) is 3.84. The molecule has 2 aromatic rings. The van der Waals surface area contributed by atoms with Gasteiger partial charge in [-0.1, -0.05) is 35.5 Å². The quantitative estimate of drug-likeness (QED) is 0.443. The zero-order chi connectivity index (χ0) is 15.3. The lowest BCUT2D eigenvalue weighted by atomic mass is 10.0. The lowest BCUT2D eigenvalue weighted by Crippen LogP contribution is -2.08. The molecule has 0 unspecified atom stereocenters. The molecule has 0 saturated heterocycles. The highest BCUT2D eigenvalue weighted by Crippen LogP contribution is 2.44. The van der Waals surface area contributed by atoms with Crippen molar-refractivity contribution in [3.63, 3.8) is 0 Å². The van der Waals surface area contributed by atoms with Crippen LogP contribution in [0.2, 0.25) is 0 Å². The maximum absolute atomic E-state index is 12.4. The van der Waals surface area contributed by atoms with Crippen LogP contribution in [-0.2, 0) is 4.79 Å². The highest BCUT2D eigenvalue weighted by molar-refractivity contribution is 8.15. The zero-order valence-electron chi connectivity index (χ0n) is 11.8. The van der Waals surface area contributed by atoms with Crippen molar-refractivity contribution in [2.75, 3.05) is 5.32 Å². The molecule has 4 rings (SSSR count). The maximum atomic E-state index is 12.4. The van der Waals surface area contributed by atoms with Crippen molar-refractivity contribution in [3.8, 4) is 0 Å². The number of nitrogens with one attached hydrogen (secondary N) is 1. The summed E-state index contributed by atoms with van der Waals surface area (Å²) >= 11 is 1.21. The first-order valence-corrected chi connectivity index (χ1v) is 7.67. The Morgan fingerprint density at radius 3 is 2.77 bits per heavy atom. The van der Waals surface area contributed by atoms with Gasteiger partial charge in [0.25, 0.3) is 0 Å². The van der Waals surface area contributed by atoms with Crippen molar-refractivity contribution in [2.45, 2.75) is 11.8 Å². The van der Waals surface area contributed by atoms with E-state index in [4.69, 9.17) is 0 Å². The van der Waals surface area contributed by atoms with Gasteiger partial charge in [-0.05, 0) is 36.4 Å². The number of carbonyl (C=O) groups is 1. The summed E-state index contributed by atoms with van der Waals surface area (Å²) < 4.78 is 0. The van der Waals surface area contributed by atoms with E-state index in [1.165, 1.54) is 11.8 Å². The van der Waals surface area contributed by atoms with Crippen LogP contribution >= 0.6 is 11.8 Å². The van der Waals surface area contributed by atoms with Crippen LogP contribution in [0.3, 0.4) is 0 Å². The van der Waals surface area contributed by atoms with Crippen molar-refractivity contribution in [1.29, 1.82) is 0 Å². The Bertz CT molecular complexity index is 884. The summed E-state index contributed by atoms with van der Waals surface area (Å²) in [6.07, 6.45) is 0. The second-order valence-electron chi connectivity index (χ2n) is 5.26. The topological polar surface area (TPSA) is 61.7 Å². The molecule has 2 aliphatic rings. The molecule has 0 atom stereocenters. The molecule has 0 amide bonds. The van der Waals surface area contributed by atoms with Gasteiger partial charge in [-0.3, -0.25) is 4.79 Å². The number of anilines is 1. The van der Waals surface area contributed by atoms with Gasteiger partial charge in [0.15, 0.2) is 0 Å². The van der Waals surface area contributed by atoms with E-state index >= 15 is 0 Å². The molecule has 2 aromatic carbocycles. The lowest BCUT2D eigenvalue weighted by Gasteiger charge is -2.05. The molecule has 0 aromatic heterocycles. The van der Waals surface area contributed by atoms with Crippen molar-refractivity contribution < 1.29 is 10.0 Å². The Balaban J connectivity index is 1.96. The van der Waals surface area contributed by atoms with E-state index in [-0.39, 0.29) is 5.12 Å². The number of carbonyl (C=O) groups excluding carboxylic acids is 1. The van der Waals surface area contributed by atoms with Crippen molar-refractivity contribution >= 4 is 33.8 Å². The normalized spacial score (nSPS) is 21.0. The van der Waals surface area contributed by atoms with E-state index in [0.717, 1.165) is 27.3 Å². The second-order valence-corrected chi connectivity index (χ2v) is 6.27. The standard InChI is InChI=1S/C17H12N2O2S/c1-9-6-7-10-12(8-9)18-16(15(10)19-21)14-11-4-2-3-5-13(11)22-17(14)20/h2-8,18,21H,1H3/b16-14-,19-15+. The highest BCUT2D eigenvalue weighted by atomic mass is 32.2. The third-order valence-corrected chi connectivity index (χ3v) is 4.81. The molecule has 4 nitrogen and oxygen atoms in total. The number of rotatable bonds is 0. The number of thioether (sulfide) groups is 1. The molecular formula is C17H12N2O2S. The lowest BCUT2D eigenvalue weighted by molar-refractivity contribution is -0.106. The number of hydrogen-bond acceptors (Lipinski definition) is 5. The van der Waals surface area contributed by atoms with Gasteiger partial charge in [0.05, 0.1) is 11.3 Å². The minimum absolute atomic E-state index is 0.0330. The molecule has 0 aliphatic carbocycles. The Morgan fingerprint density at radius 1 is 1.14 bits per heavy atom. The van der Waals surface area contributed by atoms with Crippen LogP contribution < -0.4 is 5.32 Å². The highest BCUT2D eigenvalue weighted by Gasteiger charge is 2.34. The number of fused-ring (bicyclic) bond motifs is 2. The zero-order valence-corrected chi connectivity index (χ0v) is 12.6. The maximum Gasteiger partial charge on any atom is 0.226 e. The van der Waals surface area contributed by atoms with Crippen LogP contribution in [0, 0.1) is 6.92 Å². The van der Waals surface area contributed by atoms with E-state index < -0.39 is 0 Å². The number of nitrogens with zero attached hydrogens (tertiary/aromatic N) is 1. The van der Waals surface area contributed by atoms with E-state index in [1.54, 1.807) is 0 Å². The molecule has 2 heterocycles.